The SMILES string of the molecule is CN(C)O.CNC(C)=O.CNOS(C)=O. The molecule has 0 fully saturated rings. The van der Waals surface area contributed by atoms with Gasteiger partial charge in [0.15, 0.2) is 11.1 Å². The molecule has 0 aliphatic carbocycles. The van der Waals surface area contributed by atoms with Gasteiger partial charge in [0, 0.05) is 41.4 Å². The van der Waals surface area contributed by atoms with Crippen molar-refractivity contribution < 1.29 is 18.5 Å². The smallest absolute Gasteiger partial charge is 0.216 e. The van der Waals surface area contributed by atoms with Crippen LogP contribution in [0.25, 0.3) is 0 Å². The van der Waals surface area contributed by atoms with E-state index in [0.29, 0.717) is 0 Å². The highest BCUT2D eigenvalue weighted by atomic mass is 32.2. The normalized spacial score (nSPS) is 10.4. The molecule has 15 heavy (non-hydrogen) atoms. The fourth-order valence-electron chi connectivity index (χ4n) is 0.117. The van der Waals surface area contributed by atoms with Crippen molar-refractivity contribution in [2.45, 2.75) is 6.92 Å². The highest BCUT2D eigenvalue weighted by molar-refractivity contribution is 7.79. The number of rotatable bonds is 2. The zero-order valence-corrected chi connectivity index (χ0v) is 10.8. The van der Waals surface area contributed by atoms with Gasteiger partial charge in [-0.3, -0.25) is 4.79 Å². The van der Waals surface area contributed by atoms with Crippen LogP contribution in [-0.2, 0) is 20.2 Å². The number of carbonyl (C=O) groups excluding carboxylic acids is 1. The van der Waals surface area contributed by atoms with Crippen LogP contribution in [0.5, 0.6) is 0 Å². The van der Waals surface area contributed by atoms with Crippen LogP contribution in [0, 0.1) is 0 Å². The topological polar surface area (TPSA) is 90.9 Å². The van der Waals surface area contributed by atoms with Gasteiger partial charge in [-0.15, -0.1) is 0 Å². The van der Waals surface area contributed by atoms with Crippen molar-refractivity contribution in [3.63, 3.8) is 0 Å². The third-order valence-electron chi connectivity index (χ3n) is 0.553. The third kappa shape index (κ3) is 88.9. The second kappa shape index (κ2) is 15.9. The Labute approximate surface area is 93.4 Å². The Bertz CT molecular complexity index is 164. The van der Waals surface area contributed by atoms with Crippen LogP contribution >= 0.6 is 0 Å². The zero-order chi connectivity index (χ0) is 12.9. The molecule has 8 heteroatoms. The van der Waals surface area contributed by atoms with Crippen LogP contribution in [-0.4, -0.2) is 54.8 Å². The minimum Gasteiger partial charge on any atom is -0.359 e. The molecule has 0 saturated carbocycles. The van der Waals surface area contributed by atoms with Crippen molar-refractivity contribution in [1.29, 1.82) is 0 Å². The Hall–Kier alpha value is -0.540. The molecule has 0 aliphatic rings. The summed E-state index contributed by atoms with van der Waals surface area (Å²) < 4.78 is 14.1. The molecule has 0 heterocycles. The largest absolute Gasteiger partial charge is 0.359 e. The summed E-state index contributed by atoms with van der Waals surface area (Å²) in [5.74, 6) is 0.00463. The lowest BCUT2D eigenvalue weighted by molar-refractivity contribution is -0.118. The fraction of sp³-hybridized carbons (Fsp3) is 0.857. The molecule has 0 aromatic heterocycles. The third-order valence-corrected chi connectivity index (χ3v) is 0.954. The Balaban J connectivity index is -0.000000147. The van der Waals surface area contributed by atoms with Crippen molar-refractivity contribution in [3.05, 3.63) is 0 Å². The molecule has 3 N–H and O–H groups in total. The van der Waals surface area contributed by atoms with Crippen molar-refractivity contribution in [3.8, 4) is 0 Å². The summed E-state index contributed by atoms with van der Waals surface area (Å²) in [5.41, 5.74) is 2.27. The minimum atomic E-state index is -1.18. The van der Waals surface area contributed by atoms with E-state index in [2.05, 4.69) is 15.1 Å². The summed E-state index contributed by atoms with van der Waals surface area (Å²) in [6, 6.07) is 0. The van der Waals surface area contributed by atoms with Gasteiger partial charge in [-0.05, 0) is 0 Å². The molecule has 1 atom stereocenters. The highest BCUT2D eigenvalue weighted by Gasteiger charge is 1.78. The number of nitrogens with zero attached hydrogens (tertiary/aromatic N) is 1. The number of hydrogen-bond acceptors (Lipinski definition) is 6. The van der Waals surface area contributed by atoms with Gasteiger partial charge in [-0.1, -0.05) is 0 Å². The first-order valence-electron chi connectivity index (χ1n) is 3.99. The van der Waals surface area contributed by atoms with Crippen molar-refractivity contribution in [2.75, 3.05) is 34.4 Å². The lowest BCUT2D eigenvalue weighted by atomic mass is 10.7. The van der Waals surface area contributed by atoms with Gasteiger partial charge in [0.1, 0.15) is 0 Å². The van der Waals surface area contributed by atoms with Gasteiger partial charge in [-0.2, -0.15) is 10.5 Å². The number of nitrogens with one attached hydrogen (secondary N) is 2. The standard InChI is InChI=1S/C3H7NO.C2H7NO2S.C2H7NO/c1-3(5)4-2;1-3-5-6(2)4;1-3(2)4/h1-2H3,(H,4,5);3H,1-2H3;4H,1-2H3. The van der Waals surface area contributed by atoms with Gasteiger partial charge < -0.3 is 10.5 Å². The maximum Gasteiger partial charge on any atom is 0.216 e. The lowest BCUT2D eigenvalue weighted by Crippen LogP contribution is -2.11. The summed E-state index contributed by atoms with van der Waals surface area (Å²) >= 11 is -1.18. The summed E-state index contributed by atoms with van der Waals surface area (Å²) in [5, 5.41) is 11.3. The highest BCUT2D eigenvalue weighted by Crippen LogP contribution is 1.65. The molecule has 0 aromatic carbocycles. The van der Waals surface area contributed by atoms with E-state index in [4.69, 9.17) is 5.21 Å². The Morgan fingerprint density at radius 2 is 1.67 bits per heavy atom. The summed E-state index contributed by atoms with van der Waals surface area (Å²) in [7, 11) is 6.27. The minimum absolute atomic E-state index is 0.00463. The first-order chi connectivity index (χ1) is 6.77. The maximum absolute atomic E-state index is 9.87. The first kappa shape index (κ1) is 19.9. The van der Waals surface area contributed by atoms with Crippen LogP contribution < -0.4 is 10.8 Å². The quantitative estimate of drug-likeness (QED) is 0.546. The lowest BCUT2D eigenvalue weighted by Gasteiger charge is -1.89. The molecule has 0 aromatic rings. The molecular weight excluding hydrogens is 222 g/mol. The molecule has 0 rings (SSSR count). The number of hydroxylamine groups is 3. The van der Waals surface area contributed by atoms with Crippen LogP contribution in [0.3, 0.4) is 0 Å². The van der Waals surface area contributed by atoms with Gasteiger partial charge in [0.25, 0.3) is 0 Å². The van der Waals surface area contributed by atoms with E-state index in [0.717, 1.165) is 5.06 Å². The number of amides is 1. The molecule has 94 valence electrons. The molecule has 0 bridgehead atoms. The Morgan fingerprint density at radius 1 is 1.40 bits per heavy atom. The molecule has 1 amide bonds. The van der Waals surface area contributed by atoms with E-state index >= 15 is 0 Å². The zero-order valence-electron chi connectivity index (χ0n) is 10.0. The van der Waals surface area contributed by atoms with E-state index in [1.165, 1.54) is 13.2 Å². The molecule has 0 radical (unpaired) electrons. The van der Waals surface area contributed by atoms with Crippen molar-refractivity contribution in [1.82, 2.24) is 15.9 Å². The summed E-state index contributed by atoms with van der Waals surface area (Å²) in [6.07, 6.45) is 1.44. The predicted octanol–water partition coefficient (Wildman–Crippen LogP) is -0.880. The van der Waals surface area contributed by atoms with E-state index in [1.807, 2.05) is 0 Å². The van der Waals surface area contributed by atoms with E-state index in [9.17, 15) is 9.00 Å². The predicted molar refractivity (Wildman–Crippen MR) is 59.4 cm³/mol. The Morgan fingerprint density at radius 3 is 1.67 bits per heavy atom. The summed E-state index contributed by atoms with van der Waals surface area (Å²) in [4.78, 5) is 9.70. The van der Waals surface area contributed by atoms with Gasteiger partial charge >= 0.3 is 0 Å². The van der Waals surface area contributed by atoms with Gasteiger partial charge in [-0.25, -0.2) is 8.49 Å². The molecule has 1 unspecified atom stereocenters. The van der Waals surface area contributed by atoms with Crippen LogP contribution in [0.2, 0.25) is 0 Å². The first-order valence-corrected chi connectivity index (χ1v) is 5.48. The fourth-order valence-corrected chi connectivity index (χ4v) is 0.352. The molecule has 0 spiro atoms. The van der Waals surface area contributed by atoms with Gasteiger partial charge in [0.05, 0.1) is 0 Å². The average molecular weight is 243 g/mol. The molecule has 0 saturated heterocycles. The van der Waals surface area contributed by atoms with E-state index < -0.39 is 11.1 Å². The van der Waals surface area contributed by atoms with Crippen LogP contribution in [0.15, 0.2) is 0 Å². The van der Waals surface area contributed by atoms with E-state index in [1.54, 1.807) is 28.2 Å². The molecule has 7 nitrogen and oxygen atoms in total. The van der Waals surface area contributed by atoms with Crippen LogP contribution in [0.1, 0.15) is 6.92 Å². The van der Waals surface area contributed by atoms with Crippen molar-refractivity contribution in [2.24, 2.45) is 0 Å². The van der Waals surface area contributed by atoms with Crippen LogP contribution in [0.4, 0.5) is 0 Å². The average Bonchev–Trinajstić information content (AvgIpc) is 2.03. The second-order valence-corrected chi connectivity index (χ2v) is 3.31. The van der Waals surface area contributed by atoms with Gasteiger partial charge in [0.2, 0.25) is 5.91 Å². The second-order valence-electron chi connectivity index (χ2n) is 2.34. The number of hydrogen-bond donors (Lipinski definition) is 3. The summed E-state index contributed by atoms with van der Waals surface area (Å²) in [6.45, 7) is 1.47. The monoisotopic (exact) mass is 243 g/mol. The molecule has 0 aliphatic heterocycles. The van der Waals surface area contributed by atoms with Crippen molar-refractivity contribution >= 4 is 17.0 Å². The Kier molecular flexibility index (Phi) is 21.2. The maximum atomic E-state index is 9.87. The molecular formula is C7H21N3O4S. The number of carbonyl (C=O) groups is 1. The van der Waals surface area contributed by atoms with E-state index in [-0.39, 0.29) is 5.91 Å².